The first-order chi connectivity index (χ1) is 8.88. The zero-order valence-corrected chi connectivity index (χ0v) is 11.2. The molecule has 2 nitrogen and oxygen atoms in total. The largest absolute Gasteiger partial charge is 0.223 e. The van der Waals surface area contributed by atoms with Gasteiger partial charge in [-0.2, -0.15) is 0 Å². The molecule has 0 amide bonds. The van der Waals surface area contributed by atoms with Crippen LogP contribution in [0, 0.1) is 11.6 Å². The minimum atomic E-state index is -3.64. The molecule has 0 N–H and O–H groups in total. The van der Waals surface area contributed by atoms with Crippen LogP contribution in [0.25, 0.3) is 0 Å². The number of rotatable bonds is 3. The summed E-state index contributed by atoms with van der Waals surface area (Å²) in [5.41, 5.74) is 0.284. The van der Waals surface area contributed by atoms with E-state index < -0.39 is 21.5 Å². The lowest BCUT2D eigenvalue weighted by molar-refractivity contribution is 0.593. The SMILES string of the molecule is O=S(=O)(Cc1ccc(Cl)c(F)c1)c1ccc(F)cc1. The molecule has 2 aromatic rings. The predicted molar refractivity (Wildman–Crippen MR) is 68.7 cm³/mol. The Morgan fingerprint density at radius 2 is 1.63 bits per heavy atom. The Morgan fingerprint density at radius 3 is 2.21 bits per heavy atom. The van der Waals surface area contributed by atoms with Crippen LogP contribution in [0.2, 0.25) is 5.02 Å². The van der Waals surface area contributed by atoms with Gasteiger partial charge in [0.2, 0.25) is 0 Å². The van der Waals surface area contributed by atoms with Crippen molar-refractivity contribution in [3.8, 4) is 0 Å². The van der Waals surface area contributed by atoms with Gasteiger partial charge in [-0.1, -0.05) is 17.7 Å². The molecule has 0 aliphatic rings. The van der Waals surface area contributed by atoms with Gasteiger partial charge in [0, 0.05) is 0 Å². The normalized spacial score (nSPS) is 11.5. The molecule has 0 unspecified atom stereocenters. The highest BCUT2D eigenvalue weighted by Crippen LogP contribution is 2.20. The van der Waals surface area contributed by atoms with Gasteiger partial charge in [0.25, 0.3) is 0 Å². The fraction of sp³-hybridized carbons (Fsp3) is 0.0769. The third kappa shape index (κ3) is 3.30. The van der Waals surface area contributed by atoms with Crippen molar-refractivity contribution in [2.45, 2.75) is 10.6 Å². The average Bonchev–Trinajstić information content (AvgIpc) is 2.34. The summed E-state index contributed by atoms with van der Waals surface area (Å²) in [5, 5.41) is -0.0667. The lowest BCUT2D eigenvalue weighted by atomic mass is 10.2. The summed E-state index contributed by atoms with van der Waals surface area (Å²) in [6, 6.07) is 8.29. The van der Waals surface area contributed by atoms with E-state index in [2.05, 4.69) is 0 Å². The van der Waals surface area contributed by atoms with E-state index in [0.717, 1.165) is 18.2 Å². The molecule has 2 rings (SSSR count). The summed E-state index contributed by atoms with van der Waals surface area (Å²) >= 11 is 5.52. The van der Waals surface area contributed by atoms with Crippen molar-refractivity contribution in [3.63, 3.8) is 0 Å². The van der Waals surface area contributed by atoms with Gasteiger partial charge < -0.3 is 0 Å². The number of benzene rings is 2. The smallest absolute Gasteiger partial charge is 0.182 e. The molecule has 0 fully saturated rings. The maximum Gasteiger partial charge on any atom is 0.182 e. The first kappa shape index (κ1) is 14.0. The molecule has 0 saturated carbocycles. The van der Waals surface area contributed by atoms with Crippen LogP contribution in [-0.4, -0.2) is 8.42 Å². The molecular weight excluding hydrogens is 294 g/mol. The van der Waals surface area contributed by atoms with Crippen LogP contribution in [0.5, 0.6) is 0 Å². The van der Waals surface area contributed by atoms with Crippen LogP contribution in [0.4, 0.5) is 8.78 Å². The summed E-state index contributed by atoms with van der Waals surface area (Å²) in [6.45, 7) is 0. The van der Waals surface area contributed by atoms with Gasteiger partial charge in [0.1, 0.15) is 11.6 Å². The fourth-order valence-corrected chi connectivity index (χ4v) is 3.03. The third-order valence-electron chi connectivity index (χ3n) is 2.51. The molecule has 0 radical (unpaired) electrons. The van der Waals surface area contributed by atoms with Crippen molar-refractivity contribution in [3.05, 3.63) is 64.7 Å². The van der Waals surface area contributed by atoms with Gasteiger partial charge >= 0.3 is 0 Å². The number of sulfone groups is 1. The van der Waals surface area contributed by atoms with Crippen molar-refractivity contribution in [2.24, 2.45) is 0 Å². The molecule has 0 aliphatic heterocycles. The molecule has 0 saturated heterocycles. The lowest BCUT2D eigenvalue weighted by Crippen LogP contribution is -2.05. The maximum atomic E-state index is 13.2. The summed E-state index contributed by atoms with van der Waals surface area (Å²) in [7, 11) is -3.64. The second-order valence-electron chi connectivity index (χ2n) is 3.96. The van der Waals surface area contributed by atoms with E-state index in [-0.39, 0.29) is 21.2 Å². The zero-order valence-electron chi connectivity index (χ0n) is 9.61. The Morgan fingerprint density at radius 1 is 1.00 bits per heavy atom. The van der Waals surface area contributed by atoms with E-state index >= 15 is 0 Å². The van der Waals surface area contributed by atoms with Crippen molar-refractivity contribution < 1.29 is 17.2 Å². The molecule has 2 aromatic carbocycles. The summed E-state index contributed by atoms with van der Waals surface area (Å²) in [4.78, 5) is -0.00995. The second kappa shape index (κ2) is 5.27. The molecule has 0 bridgehead atoms. The quantitative estimate of drug-likeness (QED) is 0.812. The van der Waals surface area contributed by atoms with E-state index in [1.807, 2.05) is 0 Å². The predicted octanol–water partition coefficient (Wildman–Crippen LogP) is 3.59. The van der Waals surface area contributed by atoms with E-state index in [0.29, 0.717) is 0 Å². The van der Waals surface area contributed by atoms with Crippen LogP contribution in [0.15, 0.2) is 47.4 Å². The highest BCUT2D eigenvalue weighted by atomic mass is 35.5. The van der Waals surface area contributed by atoms with E-state index in [1.54, 1.807) is 0 Å². The average molecular weight is 303 g/mol. The number of hydrogen-bond donors (Lipinski definition) is 0. The monoisotopic (exact) mass is 302 g/mol. The Kier molecular flexibility index (Phi) is 3.87. The number of halogens is 3. The van der Waals surface area contributed by atoms with Crippen LogP contribution in [0.1, 0.15) is 5.56 Å². The fourth-order valence-electron chi connectivity index (χ4n) is 1.57. The Balaban J connectivity index is 2.30. The van der Waals surface area contributed by atoms with Gasteiger partial charge in [-0.3, -0.25) is 0 Å². The molecule has 0 spiro atoms. The van der Waals surface area contributed by atoms with Gasteiger partial charge in [0.05, 0.1) is 15.7 Å². The summed E-state index contributed by atoms with van der Waals surface area (Å²) < 4.78 is 50.0. The van der Waals surface area contributed by atoms with Gasteiger partial charge in [-0.15, -0.1) is 0 Å². The molecule has 0 aliphatic carbocycles. The third-order valence-corrected chi connectivity index (χ3v) is 4.52. The van der Waals surface area contributed by atoms with E-state index in [9.17, 15) is 17.2 Å². The first-order valence-electron chi connectivity index (χ1n) is 5.31. The molecule has 6 heteroatoms. The standard InChI is InChI=1S/C13H9ClF2O2S/c14-12-6-1-9(7-13(12)16)8-19(17,18)11-4-2-10(15)3-5-11/h1-7H,8H2. The highest BCUT2D eigenvalue weighted by molar-refractivity contribution is 7.90. The van der Waals surface area contributed by atoms with Gasteiger partial charge in [0.15, 0.2) is 9.84 Å². The van der Waals surface area contributed by atoms with Crippen LogP contribution < -0.4 is 0 Å². The van der Waals surface area contributed by atoms with Crippen molar-refractivity contribution in [2.75, 3.05) is 0 Å². The molecule has 0 aromatic heterocycles. The molecule has 100 valence electrons. The van der Waals surface area contributed by atoms with E-state index in [1.165, 1.54) is 24.3 Å². The Bertz CT molecular complexity index is 697. The summed E-state index contributed by atoms with van der Waals surface area (Å²) in [5.74, 6) is -1.56. The minimum absolute atomic E-state index is 0.00995. The minimum Gasteiger partial charge on any atom is -0.223 e. The Hall–Kier alpha value is -1.46. The highest BCUT2D eigenvalue weighted by Gasteiger charge is 2.16. The second-order valence-corrected chi connectivity index (χ2v) is 6.36. The van der Waals surface area contributed by atoms with Crippen molar-refractivity contribution >= 4 is 21.4 Å². The molecule has 0 heterocycles. The van der Waals surface area contributed by atoms with Crippen LogP contribution in [0.3, 0.4) is 0 Å². The van der Waals surface area contributed by atoms with Crippen molar-refractivity contribution in [1.29, 1.82) is 0 Å². The molecule has 19 heavy (non-hydrogen) atoms. The van der Waals surface area contributed by atoms with E-state index in [4.69, 9.17) is 11.6 Å². The van der Waals surface area contributed by atoms with Gasteiger partial charge in [-0.05, 0) is 42.0 Å². The maximum absolute atomic E-state index is 13.2. The van der Waals surface area contributed by atoms with Crippen LogP contribution >= 0.6 is 11.6 Å². The topological polar surface area (TPSA) is 34.1 Å². The lowest BCUT2D eigenvalue weighted by Gasteiger charge is -2.05. The van der Waals surface area contributed by atoms with Gasteiger partial charge in [-0.25, -0.2) is 17.2 Å². The van der Waals surface area contributed by atoms with Crippen LogP contribution in [-0.2, 0) is 15.6 Å². The summed E-state index contributed by atoms with van der Waals surface area (Å²) in [6.07, 6.45) is 0. The zero-order chi connectivity index (χ0) is 14.0. The van der Waals surface area contributed by atoms with Crippen molar-refractivity contribution in [1.82, 2.24) is 0 Å². The molecular formula is C13H9ClF2O2S. The first-order valence-corrected chi connectivity index (χ1v) is 7.34. The number of hydrogen-bond acceptors (Lipinski definition) is 2. The molecule has 0 atom stereocenters. The Labute approximate surface area is 114 Å².